The highest BCUT2D eigenvalue weighted by molar-refractivity contribution is 7.92. The Labute approximate surface area is 197 Å². The second-order valence-electron chi connectivity index (χ2n) is 6.62. The first kappa shape index (κ1) is 24.7. The molecule has 3 rings (SSSR count). The van der Waals surface area contributed by atoms with Crippen molar-refractivity contribution >= 4 is 50.5 Å². The Bertz CT molecular complexity index is 1300. The molecule has 12 heteroatoms. The Morgan fingerprint density at radius 3 is 2.21 bits per heavy atom. The topological polar surface area (TPSA) is 84.5 Å². The first-order chi connectivity index (χ1) is 15.4. The summed E-state index contributed by atoms with van der Waals surface area (Å²) in [4.78, 5) is 12.2. The van der Waals surface area contributed by atoms with E-state index in [0.29, 0.717) is 11.1 Å². The van der Waals surface area contributed by atoms with E-state index in [9.17, 15) is 26.4 Å². The van der Waals surface area contributed by atoms with Gasteiger partial charge in [0.25, 0.3) is 15.9 Å². The molecule has 0 aliphatic carbocycles. The van der Waals surface area contributed by atoms with Crippen LogP contribution >= 0.6 is 23.2 Å². The van der Waals surface area contributed by atoms with Crippen molar-refractivity contribution in [3.63, 3.8) is 0 Å². The van der Waals surface area contributed by atoms with E-state index in [1.807, 2.05) is 4.72 Å². The number of sulfonamides is 1. The van der Waals surface area contributed by atoms with E-state index in [1.165, 1.54) is 43.5 Å². The summed E-state index contributed by atoms with van der Waals surface area (Å²) in [5.41, 5.74) is -1.25. The maximum Gasteiger partial charge on any atom is 0.416 e. The first-order valence-corrected chi connectivity index (χ1v) is 11.3. The summed E-state index contributed by atoms with van der Waals surface area (Å²) in [7, 11) is -3.06. The quantitative estimate of drug-likeness (QED) is 0.414. The molecule has 0 fully saturated rings. The number of carbonyl (C=O) groups excluding carboxylic acids is 1. The van der Waals surface area contributed by atoms with Gasteiger partial charge in [0.2, 0.25) is 0 Å². The number of benzene rings is 3. The Balaban J connectivity index is 1.93. The monoisotopic (exact) mass is 518 g/mol. The van der Waals surface area contributed by atoms with Gasteiger partial charge in [-0.15, -0.1) is 0 Å². The molecule has 0 aromatic heterocycles. The first-order valence-electron chi connectivity index (χ1n) is 9.05. The average Bonchev–Trinajstić information content (AvgIpc) is 2.74. The zero-order chi connectivity index (χ0) is 24.4. The number of halogens is 5. The van der Waals surface area contributed by atoms with Gasteiger partial charge in [-0.05, 0) is 60.7 Å². The highest BCUT2D eigenvalue weighted by atomic mass is 35.5. The number of nitrogens with one attached hydrogen (secondary N) is 2. The molecule has 0 saturated heterocycles. The number of hydrogen-bond donors (Lipinski definition) is 2. The van der Waals surface area contributed by atoms with Crippen molar-refractivity contribution in [2.75, 3.05) is 17.1 Å². The minimum atomic E-state index is -4.69. The fraction of sp³-hybridized carbons (Fsp3) is 0.0952. The van der Waals surface area contributed by atoms with Crippen LogP contribution in [0.3, 0.4) is 0 Å². The molecule has 0 radical (unpaired) electrons. The molecular weight excluding hydrogens is 504 g/mol. The molecule has 0 saturated carbocycles. The number of amides is 1. The third-order valence-electron chi connectivity index (χ3n) is 4.37. The second-order valence-corrected chi connectivity index (χ2v) is 9.15. The molecule has 0 aliphatic heterocycles. The van der Waals surface area contributed by atoms with Gasteiger partial charge in [0, 0.05) is 10.6 Å². The van der Waals surface area contributed by atoms with Gasteiger partial charge in [0.1, 0.15) is 5.75 Å². The molecule has 3 aromatic carbocycles. The lowest BCUT2D eigenvalue weighted by Gasteiger charge is -2.15. The number of anilines is 2. The predicted molar refractivity (Wildman–Crippen MR) is 120 cm³/mol. The summed E-state index contributed by atoms with van der Waals surface area (Å²) in [5, 5.41) is 2.74. The van der Waals surface area contributed by atoms with Crippen LogP contribution in [0.15, 0.2) is 65.6 Å². The summed E-state index contributed by atoms with van der Waals surface area (Å²) < 4.78 is 71.9. The summed E-state index contributed by atoms with van der Waals surface area (Å²) in [5.74, 6) is -0.401. The minimum Gasteiger partial charge on any atom is -0.495 e. The molecule has 6 nitrogen and oxygen atoms in total. The van der Waals surface area contributed by atoms with Gasteiger partial charge >= 0.3 is 6.18 Å². The largest absolute Gasteiger partial charge is 0.495 e. The molecule has 0 atom stereocenters. The van der Waals surface area contributed by atoms with E-state index in [-0.39, 0.29) is 26.9 Å². The molecular formula is C21H15Cl2F3N2O4S. The lowest BCUT2D eigenvalue weighted by atomic mass is 10.2. The standard InChI is InChI=1S/C21H15Cl2F3N2O4S/c1-32-19-9-7-15(11-18(19)27-20(29)12-2-5-14(22)6-3-12)33(30,31)28-17-10-13(21(24,25)26)4-8-16(17)23/h2-11,28H,1H3,(H,27,29). The highest BCUT2D eigenvalue weighted by Gasteiger charge is 2.31. The molecule has 0 spiro atoms. The molecule has 0 aliphatic rings. The van der Waals surface area contributed by atoms with E-state index in [2.05, 4.69) is 5.32 Å². The molecule has 2 N–H and O–H groups in total. The third kappa shape index (κ3) is 5.89. The van der Waals surface area contributed by atoms with Gasteiger partial charge in [0.05, 0.1) is 34.0 Å². The van der Waals surface area contributed by atoms with E-state index in [0.717, 1.165) is 18.2 Å². The van der Waals surface area contributed by atoms with Crippen LogP contribution in [0.1, 0.15) is 15.9 Å². The Hall–Kier alpha value is -2.95. The lowest BCUT2D eigenvalue weighted by molar-refractivity contribution is -0.137. The smallest absolute Gasteiger partial charge is 0.416 e. The molecule has 174 valence electrons. The normalized spacial score (nSPS) is 11.7. The van der Waals surface area contributed by atoms with Crippen LogP contribution in [0, 0.1) is 0 Å². The summed E-state index contributed by atoms with van der Waals surface area (Å²) in [6.07, 6.45) is -4.69. The summed E-state index contributed by atoms with van der Waals surface area (Å²) >= 11 is 11.7. The summed E-state index contributed by atoms with van der Waals surface area (Å²) in [6.45, 7) is 0. The average molecular weight is 519 g/mol. The van der Waals surface area contributed by atoms with Crippen LogP contribution in [0.25, 0.3) is 0 Å². The Morgan fingerprint density at radius 1 is 0.939 bits per heavy atom. The van der Waals surface area contributed by atoms with Gasteiger partial charge in [-0.2, -0.15) is 13.2 Å². The van der Waals surface area contributed by atoms with Crippen molar-refractivity contribution in [2.45, 2.75) is 11.1 Å². The Kier molecular flexibility index (Phi) is 7.11. The van der Waals surface area contributed by atoms with Gasteiger partial charge in [-0.1, -0.05) is 23.2 Å². The molecule has 33 heavy (non-hydrogen) atoms. The number of alkyl halides is 3. The number of methoxy groups -OCH3 is 1. The van der Waals surface area contributed by atoms with Gasteiger partial charge in [0.15, 0.2) is 0 Å². The fourth-order valence-corrected chi connectivity index (χ4v) is 4.17. The second kappa shape index (κ2) is 9.50. The maximum atomic E-state index is 13.0. The van der Waals surface area contributed by atoms with E-state index in [1.54, 1.807) is 0 Å². The van der Waals surface area contributed by atoms with Crippen LogP contribution < -0.4 is 14.8 Å². The van der Waals surface area contributed by atoms with Crippen LogP contribution in [0.5, 0.6) is 5.75 Å². The van der Waals surface area contributed by atoms with E-state index < -0.39 is 33.4 Å². The number of rotatable bonds is 6. The zero-order valence-corrected chi connectivity index (χ0v) is 19.0. The van der Waals surface area contributed by atoms with Crippen molar-refractivity contribution in [1.82, 2.24) is 0 Å². The van der Waals surface area contributed by atoms with Crippen molar-refractivity contribution in [3.05, 3.63) is 81.8 Å². The van der Waals surface area contributed by atoms with Crippen molar-refractivity contribution < 1.29 is 31.1 Å². The van der Waals surface area contributed by atoms with Crippen molar-refractivity contribution in [1.29, 1.82) is 0 Å². The van der Waals surface area contributed by atoms with Crippen LogP contribution in [-0.4, -0.2) is 21.4 Å². The summed E-state index contributed by atoms with van der Waals surface area (Å²) in [6, 6.07) is 11.8. The van der Waals surface area contributed by atoms with Crippen molar-refractivity contribution in [2.24, 2.45) is 0 Å². The van der Waals surface area contributed by atoms with Crippen molar-refractivity contribution in [3.8, 4) is 5.75 Å². The molecule has 0 bridgehead atoms. The zero-order valence-electron chi connectivity index (χ0n) is 16.7. The predicted octanol–water partition coefficient (Wildman–Crippen LogP) is 6.07. The SMILES string of the molecule is COc1ccc(S(=O)(=O)Nc2cc(C(F)(F)F)ccc2Cl)cc1NC(=O)c1ccc(Cl)cc1. The number of ether oxygens (including phenoxy) is 1. The highest BCUT2D eigenvalue weighted by Crippen LogP contribution is 2.35. The van der Waals surface area contributed by atoms with Gasteiger partial charge in [-0.25, -0.2) is 8.42 Å². The molecule has 0 heterocycles. The van der Waals surface area contributed by atoms with Crippen LogP contribution in [0.2, 0.25) is 10.0 Å². The van der Waals surface area contributed by atoms with Crippen LogP contribution in [0.4, 0.5) is 24.5 Å². The minimum absolute atomic E-state index is 0.0236. The van der Waals surface area contributed by atoms with E-state index >= 15 is 0 Å². The third-order valence-corrected chi connectivity index (χ3v) is 6.32. The molecule has 1 amide bonds. The molecule has 0 unspecified atom stereocenters. The van der Waals surface area contributed by atoms with Crippen LogP contribution in [-0.2, 0) is 16.2 Å². The maximum absolute atomic E-state index is 13.0. The van der Waals surface area contributed by atoms with E-state index in [4.69, 9.17) is 27.9 Å². The van der Waals surface area contributed by atoms with Gasteiger partial charge < -0.3 is 10.1 Å². The van der Waals surface area contributed by atoms with Gasteiger partial charge in [-0.3, -0.25) is 9.52 Å². The number of carbonyl (C=O) groups is 1. The molecule has 3 aromatic rings. The number of hydrogen-bond acceptors (Lipinski definition) is 4. The lowest BCUT2D eigenvalue weighted by Crippen LogP contribution is -2.16. The Morgan fingerprint density at radius 2 is 1.61 bits per heavy atom. The fourth-order valence-electron chi connectivity index (χ4n) is 2.73.